The predicted molar refractivity (Wildman–Crippen MR) is 182 cm³/mol. The molecule has 6 rings (SSSR count). The molecule has 0 bridgehead atoms. The molecule has 0 spiro atoms. The number of aromatic nitrogens is 4. The molecule has 4 heterocycles. The van der Waals surface area contributed by atoms with Crippen LogP contribution >= 0.6 is 11.6 Å². The highest BCUT2D eigenvalue weighted by atomic mass is 35.5. The number of allylic oxidation sites excluding steroid dienone is 1. The van der Waals surface area contributed by atoms with Gasteiger partial charge in [0.05, 0.1) is 43.0 Å². The summed E-state index contributed by atoms with van der Waals surface area (Å²) in [6.45, 7) is 10.0. The van der Waals surface area contributed by atoms with Crippen LogP contribution in [0.1, 0.15) is 36.2 Å². The first-order valence-electron chi connectivity index (χ1n) is 15.7. The van der Waals surface area contributed by atoms with Crippen molar-refractivity contribution in [2.24, 2.45) is 0 Å². The van der Waals surface area contributed by atoms with Gasteiger partial charge in [-0.1, -0.05) is 54.6 Å². The van der Waals surface area contributed by atoms with Crippen molar-refractivity contribution in [2.45, 2.75) is 51.4 Å². The van der Waals surface area contributed by atoms with Crippen LogP contribution in [0.15, 0.2) is 61.1 Å². The molecule has 2 atom stereocenters. The summed E-state index contributed by atoms with van der Waals surface area (Å²) in [6.07, 6.45) is 6.85. The van der Waals surface area contributed by atoms with E-state index in [4.69, 9.17) is 41.0 Å². The molecule has 0 amide bonds. The summed E-state index contributed by atoms with van der Waals surface area (Å²) in [4.78, 5) is 19.0. The normalized spacial score (nSPS) is 17.4. The summed E-state index contributed by atoms with van der Waals surface area (Å²) in [5, 5.41) is 14.3. The standard InChI is InChI=1S/C35H41ClN8O2/c1-21-11-12-24(42-21)16-38-18-32-35(46-4)44-30(20-41-32)28-10-6-9-27(33(28)36)25-7-5-8-26(22(25)2)29-19-40-31(34(43-29)45-3)17-37-15-23-13-14-39-23/h5-10,19-20,23-24,37-39,42H,1,11-18H2,2-4H3/t23-,24+/m1/s1. The van der Waals surface area contributed by atoms with Gasteiger partial charge >= 0.3 is 0 Å². The summed E-state index contributed by atoms with van der Waals surface area (Å²) in [5.74, 6) is 0.989. The number of halogens is 1. The molecule has 2 aromatic carbocycles. The number of hydrogen-bond acceptors (Lipinski definition) is 10. The number of nitrogens with one attached hydrogen (secondary N) is 4. The summed E-state index contributed by atoms with van der Waals surface area (Å²) in [7, 11) is 3.24. The molecule has 2 aromatic heterocycles. The quantitative estimate of drug-likeness (QED) is 0.158. The molecule has 2 fully saturated rings. The molecule has 0 unspecified atom stereocenters. The minimum Gasteiger partial charge on any atom is -0.480 e. The van der Waals surface area contributed by atoms with Gasteiger partial charge < -0.3 is 30.7 Å². The number of rotatable bonds is 13. The zero-order chi connectivity index (χ0) is 32.0. The fourth-order valence-electron chi connectivity index (χ4n) is 5.95. The van der Waals surface area contributed by atoms with Gasteiger partial charge in [-0.3, -0.25) is 9.97 Å². The highest BCUT2D eigenvalue weighted by molar-refractivity contribution is 6.36. The largest absolute Gasteiger partial charge is 0.480 e. The van der Waals surface area contributed by atoms with Gasteiger partial charge in [-0.25, -0.2) is 9.97 Å². The molecule has 2 aliphatic heterocycles. The third-order valence-corrected chi connectivity index (χ3v) is 9.09. The SMILES string of the molecule is C=C1CC[C@@H](CNCc2ncc(-c3cccc(-c4cccc(-c5cnc(CNC[C@H]6CCN6)c(OC)n5)c4C)c3Cl)nc2OC)N1. The van der Waals surface area contributed by atoms with Gasteiger partial charge in [0.15, 0.2) is 0 Å². The second-order valence-corrected chi connectivity index (χ2v) is 12.1. The third-order valence-electron chi connectivity index (χ3n) is 8.68. The Balaban J connectivity index is 1.22. The van der Waals surface area contributed by atoms with E-state index in [1.807, 2.05) is 36.5 Å². The van der Waals surface area contributed by atoms with Crippen LogP contribution in [0, 0.1) is 6.92 Å². The Morgan fingerprint density at radius 1 is 0.826 bits per heavy atom. The molecule has 4 N–H and O–H groups in total. The van der Waals surface area contributed by atoms with E-state index in [0.717, 1.165) is 83.1 Å². The lowest BCUT2D eigenvalue weighted by molar-refractivity contribution is 0.348. The number of methoxy groups -OCH3 is 2. The van der Waals surface area contributed by atoms with Gasteiger partial charge in [0.25, 0.3) is 0 Å². The molecule has 240 valence electrons. The zero-order valence-corrected chi connectivity index (χ0v) is 27.4. The van der Waals surface area contributed by atoms with E-state index < -0.39 is 0 Å². The zero-order valence-electron chi connectivity index (χ0n) is 26.6. The topological polar surface area (TPSA) is 118 Å². The maximum Gasteiger partial charge on any atom is 0.237 e. The highest BCUT2D eigenvalue weighted by Crippen LogP contribution is 2.39. The maximum atomic E-state index is 7.11. The average molecular weight is 641 g/mol. The van der Waals surface area contributed by atoms with Crippen molar-refractivity contribution in [2.75, 3.05) is 33.9 Å². The lowest BCUT2D eigenvalue weighted by Crippen LogP contribution is -2.48. The van der Waals surface area contributed by atoms with Crippen molar-refractivity contribution < 1.29 is 9.47 Å². The molecule has 2 aliphatic rings. The molecule has 0 aliphatic carbocycles. The summed E-state index contributed by atoms with van der Waals surface area (Å²) < 4.78 is 11.3. The monoisotopic (exact) mass is 640 g/mol. The van der Waals surface area contributed by atoms with E-state index in [0.29, 0.717) is 47.6 Å². The second-order valence-electron chi connectivity index (χ2n) is 11.8. The van der Waals surface area contributed by atoms with Crippen LogP contribution in [0.5, 0.6) is 11.8 Å². The van der Waals surface area contributed by atoms with Crippen LogP contribution in [0.4, 0.5) is 0 Å². The smallest absolute Gasteiger partial charge is 0.237 e. The number of benzene rings is 2. The van der Waals surface area contributed by atoms with Crippen molar-refractivity contribution in [3.05, 3.63) is 83.0 Å². The molecule has 11 heteroatoms. The maximum absolute atomic E-state index is 7.11. The number of hydrogen-bond donors (Lipinski definition) is 4. The molecule has 4 aromatic rings. The average Bonchev–Trinajstić information content (AvgIpc) is 3.47. The minimum atomic E-state index is 0.379. The summed E-state index contributed by atoms with van der Waals surface area (Å²) in [5.41, 5.74) is 8.65. The summed E-state index contributed by atoms with van der Waals surface area (Å²) >= 11 is 7.11. The van der Waals surface area contributed by atoms with Crippen LogP contribution in [0.2, 0.25) is 5.02 Å². The Kier molecular flexibility index (Phi) is 10.1. The van der Waals surface area contributed by atoms with Crippen LogP contribution in [0.25, 0.3) is 33.6 Å². The van der Waals surface area contributed by atoms with Crippen molar-refractivity contribution in [3.63, 3.8) is 0 Å². The van der Waals surface area contributed by atoms with E-state index in [2.05, 4.69) is 40.8 Å². The Labute approximate surface area is 275 Å². The summed E-state index contributed by atoms with van der Waals surface area (Å²) in [6, 6.07) is 13.0. The van der Waals surface area contributed by atoms with Crippen molar-refractivity contribution in [3.8, 4) is 45.4 Å². The van der Waals surface area contributed by atoms with Crippen LogP contribution < -0.4 is 30.7 Å². The Morgan fingerprint density at radius 2 is 1.39 bits per heavy atom. The first-order valence-corrected chi connectivity index (χ1v) is 16.1. The number of nitrogens with zero attached hydrogens (tertiary/aromatic N) is 4. The van der Waals surface area contributed by atoms with Gasteiger partial charge in [-0.15, -0.1) is 0 Å². The van der Waals surface area contributed by atoms with E-state index in [1.165, 1.54) is 6.42 Å². The van der Waals surface area contributed by atoms with E-state index in [-0.39, 0.29) is 0 Å². The minimum absolute atomic E-state index is 0.379. The predicted octanol–water partition coefficient (Wildman–Crippen LogP) is 5.05. The first-order chi connectivity index (χ1) is 22.4. The molecule has 10 nitrogen and oxygen atoms in total. The molecule has 0 saturated carbocycles. The van der Waals surface area contributed by atoms with Crippen LogP contribution in [-0.4, -0.2) is 65.9 Å². The van der Waals surface area contributed by atoms with Crippen molar-refractivity contribution in [1.82, 2.24) is 41.2 Å². The second kappa shape index (κ2) is 14.6. The third kappa shape index (κ3) is 7.00. The highest BCUT2D eigenvalue weighted by Gasteiger charge is 2.20. The van der Waals surface area contributed by atoms with Gasteiger partial charge in [0, 0.05) is 60.7 Å². The van der Waals surface area contributed by atoms with E-state index >= 15 is 0 Å². The fraction of sp³-hybridized carbons (Fsp3) is 0.371. The van der Waals surface area contributed by atoms with Crippen molar-refractivity contribution in [1.29, 1.82) is 0 Å². The van der Waals surface area contributed by atoms with Crippen LogP contribution in [0.3, 0.4) is 0 Å². The Bertz CT molecular complexity index is 1710. The Morgan fingerprint density at radius 3 is 1.96 bits per heavy atom. The van der Waals surface area contributed by atoms with Gasteiger partial charge in [-0.05, 0) is 43.9 Å². The Hall–Kier alpha value is -4.09. The molecule has 2 saturated heterocycles. The van der Waals surface area contributed by atoms with Gasteiger partial charge in [-0.2, -0.15) is 0 Å². The van der Waals surface area contributed by atoms with E-state index in [1.54, 1.807) is 20.4 Å². The molecule has 0 radical (unpaired) electrons. The van der Waals surface area contributed by atoms with E-state index in [9.17, 15) is 0 Å². The first kappa shape index (κ1) is 31.9. The van der Waals surface area contributed by atoms with Crippen LogP contribution in [-0.2, 0) is 13.1 Å². The number of ether oxygens (including phenoxy) is 2. The molecular formula is C35H41ClN8O2. The van der Waals surface area contributed by atoms with Gasteiger partial charge in [0.1, 0.15) is 11.4 Å². The lowest BCUT2D eigenvalue weighted by Gasteiger charge is -2.27. The van der Waals surface area contributed by atoms with Crippen molar-refractivity contribution >= 4 is 11.6 Å². The lowest BCUT2D eigenvalue weighted by atomic mass is 9.93. The molecular weight excluding hydrogens is 600 g/mol. The fourth-order valence-corrected chi connectivity index (χ4v) is 6.28. The molecule has 46 heavy (non-hydrogen) atoms. The van der Waals surface area contributed by atoms with Gasteiger partial charge in [0.2, 0.25) is 11.8 Å².